The summed E-state index contributed by atoms with van der Waals surface area (Å²) in [6.07, 6.45) is 0.419. The Morgan fingerprint density at radius 2 is 0.828 bits per heavy atom. The Morgan fingerprint density at radius 1 is 0.621 bits per heavy atom. The predicted octanol–water partition coefficient (Wildman–Crippen LogP) is 0.519. The number of rotatable bonds is 9. The van der Waals surface area contributed by atoms with Crippen molar-refractivity contribution in [1.82, 2.24) is 0 Å². The molecule has 1 atom stereocenters. The van der Waals surface area contributed by atoms with Gasteiger partial charge < -0.3 is 35.7 Å². The van der Waals surface area contributed by atoms with Crippen LogP contribution in [0.4, 0.5) is 0 Å². The molecule has 7 N–H and O–H groups in total. The van der Waals surface area contributed by atoms with E-state index in [1.54, 1.807) is 0 Å². The maximum absolute atomic E-state index is 9.60. The molecular weight excluding hydrogens is 388 g/mol. The van der Waals surface area contributed by atoms with Gasteiger partial charge in [0, 0.05) is 49.1 Å². The molecule has 0 aromatic carbocycles. The van der Waals surface area contributed by atoms with Crippen molar-refractivity contribution < 1.29 is 50.1 Å². The molecule has 0 amide bonds. The van der Waals surface area contributed by atoms with Crippen LogP contribution >= 0.6 is 0 Å². The van der Waals surface area contributed by atoms with Crippen LogP contribution in [0.1, 0.15) is 27.2 Å². The minimum Gasteiger partial charge on any atom is -0.478 e. The first-order valence-electron chi connectivity index (χ1n) is 8.33. The molecule has 29 heavy (non-hydrogen) atoms. The van der Waals surface area contributed by atoms with Gasteiger partial charge in [0.25, 0.3) is 0 Å². The van der Waals surface area contributed by atoms with E-state index in [4.69, 9.17) is 35.7 Å². The predicted molar refractivity (Wildman–Crippen MR) is 107 cm³/mol. The van der Waals surface area contributed by atoms with Crippen LogP contribution in [-0.4, -0.2) is 80.1 Å². The Hall–Kier alpha value is -2.53. The number of aliphatic carboxylic acids is 3. The molecule has 0 saturated carbocycles. The average Bonchev–Trinajstić information content (AvgIpc) is 2.63. The summed E-state index contributed by atoms with van der Waals surface area (Å²) in [5, 5.41) is 58.4. The minimum atomic E-state index is -0.935. The normalized spacial score (nSPS) is 9.93. The van der Waals surface area contributed by atoms with Gasteiger partial charge in [-0.2, -0.15) is 0 Å². The van der Waals surface area contributed by atoms with Crippen molar-refractivity contribution in [2.24, 2.45) is 11.8 Å². The highest BCUT2D eigenvalue weighted by atomic mass is 16.4. The minimum absolute atomic E-state index is 0.0261. The third-order valence-electron chi connectivity index (χ3n) is 2.97. The molecule has 0 fully saturated rings. The van der Waals surface area contributed by atoms with Gasteiger partial charge in [0.2, 0.25) is 0 Å². The van der Waals surface area contributed by atoms with Gasteiger partial charge in [-0.05, 0) is 33.1 Å². The quantitative estimate of drug-likeness (QED) is 0.257. The average molecular weight is 422 g/mol. The largest absolute Gasteiger partial charge is 0.478 e. The van der Waals surface area contributed by atoms with Crippen molar-refractivity contribution in [2.75, 3.05) is 26.4 Å². The van der Waals surface area contributed by atoms with Crippen molar-refractivity contribution in [3.05, 3.63) is 36.5 Å². The summed E-state index contributed by atoms with van der Waals surface area (Å²) in [6, 6.07) is 0. The zero-order valence-electron chi connectivity index (χ0n) is 17.2. The summed E-state index contributed by atoms with van der Waals surface area (Å²) in [5.41, 5.74) is 0.528. The summed E-state index contributed by atoms with van der Waals surface area (Å²) >= 11 is 0. The Labute approximate surface area is 170 Å². The van der Waals surface area contributed by atoms with Gasteiger partial charge in [0.15, 0.2) is 0 Å². The smallest absolute Gasteiger partial charge is 0.330 e. The van der Waals surface area contributed by atoms with E-state index in [-0.39, 0.29) is 55.0 Å². The zero-order valence-corrected chi connectivity index (χ0v) is 17.2. The van der Waals surface area contributed by atoms with Gasteiger partial charge in [0.05, 0.1) is 0 Å². The number of hydrogen-bond donors (Lipinski definition) is 7. The number of carboxylic acid groups (broad SMARTS) is 3. The molecule has 170 valence electrons. The molecule has 10 nitrogen and oxygen atoms in total. The van der Waals surface area contributed by atoms with Gasteiger partial charge in [-0.25, -0.2) is 14.4 Å². The lowest BCUT2D eigenvalue weighted by molar-refractivity contribution is -0.133. The second-order valence-electron chi connectivity index (χ2n) is 5.84. The van der Waals surface area contributed by atoms with Gasteiger partial charge in [0.1, 0.15) is 0 Å². The highest BCUT2D eigenvalue weighted by Crippen LogP contribution is 2.13. The second kappa shape index (κ2) is 21.8. The number of aliphatic hydroxyl groups is 4. The molecule has 0 aliphatic heterocycles. The van der Waals surface area contributed by atoms with Crippen LogP contribution in [-0.2, 0) is 14.4 Å². The summed E-state index contributed by atoms with van der Waals surface area (Å²) in [7, 11) is 0. The van der Waals surface area contributed by atoms with Gasteiger partial charge in [-0.15, -0.1) is 0 Å². The first-order chi connectivity index (χ1) is 13.2. The summed E-state index contributed by atoms with van der Waals surface area (Å²) < 4.78 is 0. The van der Waals surface area contributed by atoms with Crippen LogP contribution < -0.4 is 0 Å². The molecule has 0 aliphatic rings. The molecule has 1 unspecified atom stereocenters. The van der Waals surface area contributed by atoms with Crippen molar-refractivity contribution in [3.8, 4) is 0 Å². The van der Waals surface area contributed by atoms with E-state index in [1.807, 2.05) is 0 Å². The van der Waals surface area contributed by atoms with Crippen LogP contribution in [0, 0.1) is 11.8 Å². The van der Waals surface area contributed by atoms with Gasteiger partial charge in [-0.3, -0.25) is 0 Å². The van der Waals surface area contributed by atoms with Gasteiger partial charge >= 0.3 is 17.9 Å². The summed E-state index contributed by atoms with van der Waals surface area (Å²) in [6.45, 7) is 13.4. The fraction of sp³-hybridized carbons (Fsp3) is 0.526. The molecule has 0 aliphatic carbocycles. The molecule has 0 spiro atoms. The topological polar surface area (TPSA) is 193 Å². The molecule has 10 heteroatoms. The monoisotopic (exact) mass is 422 g/mol. The number of carboxylic acids is 3. The first-order valence-corrected chi connectivity index (χ1v) is 8.33. The van der Waals surface area contributed by atoms with E-state index >= 15 is 0 Å². The Kier molecular flexibility index (Phi) is 25.5. The molecule has 0 bridgehead atoms. The van der Waals surface area contributed by atoms with E-state index in [9.17, 15) is 14.4 Å². The Bertz CT molecular complexity index is 428. The highest BCUT2D eigenvalue weighted by molar-refractivity contribution is 5.85. The first kappa shape index (κ1) is 34.0. The number of carbonyl (C=O) groups is 3. The number of aliphatic hydroxyl groups excluding tert-OH is 4. The van der Waals surface area contributed by atoms with Crippen LogP contribution in [0.15, 0.2) is 36.5 Å². The molecule has 0 radical (unpaired) electrons. The highest BCUT2D eigenvalue weighted by Gasteiger charge is 2.18. The van der Waals surface area contributed by atoms with Crippen LogP contribution in [0.3, 0.4) is 0 Å². The van der Waals surface area contributed by atoms with E-state index < -0.39 is 17.9 Å². The van der Waals surface area contributed by atoms with Gasteiger partial charge in [-0.1, -0.05) is 19.7 Å². The van der Waals surface area contributed by atoms with Crippen molar-refractivity contribution in [1.29, 1.82) is 0 Å². The fourth-order valence-corrected chi connectivity index (χ4v) is 0.998. The molecule has 0 heterocycles. The SMILES string of the molecule is C=C(C)C(=O)O.C=C(C)C(=O)O.C=C(C)C(=O)O.OCCC(CO)C(CO)CO. The Morgan fingerprint density at radius 3 is 0.931 bits per heavy atom. The van der Waals surface area contributed by atoms with Crippen LogP contribution in [0.5, 0.6) is 0 Å². The molecule has 0 rings (SSSR count). The van der Waals surface area contributed by atoms with E-state index in [2.05, 4.69) is 19.7 Å². The molecular formula is C19H34O10. The van der Waals surface area contributed by atoms with E-state index in [1.165, 1.54) is 20.8 Å². The van der Waals surface area contributed by atoms with Crippen molar-refractivity contribution >= 4 is 17.9 Å². The van der Waals surface area contributed by atoms with E-state index in [0.29, 0.717) is 6.42 Å². The summed E-state index contributed by atoms with van der Waals surface area (Å²) in [5.74, 6) is -3.32. The maximum atomic E-state index is 9.60. The fourth-order valence-electron chi connectivity index (χ4n) is 0.998. The van der Waals surface area contributed by atoms with Crippen molar-refractivity contribution in [3.63, 3.8) is 0 Å². The third-order valence-corrected chi connectivity index (χ3v) is 2.97. The standard InChI is InChI=1S/C7H16O4.3C4H6O2/c8-2-1-6(3-9)7(4-10)5-11;3*1-3(2)4(5)6/h6-11H,1-5H2;3*1H2,2H3,(H,5,6). The Balaban J connectivity index is -0.000000151. The lowest BCUT2D eigenvalue weighted by Gasteiger charge is -2.20. The van der Waals surface area contributed by atoms with Crippen molar-refractivity contribution in [2.45, 2.75) is 27.2 Å². The lowest BCUT2D eigenvalue weighted by atomic mass is 9.92. The zero-order chi connectivity index (χ0) is 24.2. The van der Waals surface area contributed by atoms with Crippen LogP contribution in [0.25, 0.3) is 0 Å². The second-order valence-corrected chi connectivity index (χ2v) is 5.84. The maximum Gasteiger partial charge on any atom is 0.330 e. The van der Waals surface area contributed by atoms with Crippen LogP contribution in [0.2, 0.25) is 0 Å². The van der Waals surface area contributed by atoms with E-state index in [0.717, 1.165) is 0 Å². The number of hydrogen-bond acceptors (Lipinski definition) is 7. The third kappa shape index (κ3) is 27.8. The summed E-state index contributed by atoms with van der Waals surface area (Å²) in [4.78, 5) is 28.8. The lowest BCUT2D eigenvalue weighted by Crippen LogP contribution is -2.26. The molecule has 0 aromatic heterocycles. The molecule has 0 saturated heterocycles. The molecule has 0 aromatic rings.